The van der Waals surface area contributed by atoms with Crippen LogP contribution in [-0.2, 0) is 0 Å². The zero-order chi connectivity index (χ0) is 18.3. The topological polar surface area (TPSA) is 46.9 Å². The minimum absolute atomic E-state index is 0.0878. The summed E-state index contributed by atoms with van der Waals surface area (Å²) in [6.07, 6.45) is 0. The molecule has 0 spiro atoms. The first kappa shape index (κ1) is 16.5. The van der Waals surface area contributed by atoms with Gasteiger partial charge in [0.05, 0.1) is 16.3 Å². The van der Waals surface area contributed by atoms with Crippen molar-refractivity contribution in [2.24, 2.45) is 0 Å². The maximum Gasteiger partial charge on any atom is 0.265 e. The van der Waals surface area contributed by atoms with E-state index < -0.39 is 0 Å². The Morgan fingerprint density at radius 2 is 1.69 bits per heavy atom. The van der Waals surface area contributed by atoms with Crippen molar-refractivity contribution in [1.29, 1.82) is 0 Å². The Morgan fingerprint density at radius 3 is 2.38 bits per heavy atom. The van der Waals surface area contributed by atoms with Crippen LogP contribution in [0.1, 0.15) is 26.5 Å². The summed E-state index contributed by atoms with van der Waals surface area (Å²) < 4.78 is 1.91. The summed E-state index contributed by atoms with van der Waals surface area (Å²) in [7, 11) is 0. The molecular weight excluding hydrogens is 342 g/mol. The van der Waals surface area contributed by atoms with Gasteiger partial charge in [-0.1, -0.05) is 24.3 Å². The van der Waals surface area contributed by atoms with Crippen molar-refractivity contribution in [2.45, 2.75) is 20.8 Å². The second-order valence-electron chi connectivity index (χ2n) is 6.49. The van der Waals surface area contributed by atoms with Crippen LogP contribution in [0.25, 0.3) is 15.9 Å². The van der Waals surface area contributed by atoms with Gasteiger partial charge in [-0.3, -0.25) is 4.79 Å². The average Bonchev–Trinajstić information content (AvgIpc) is 3.16. The first-order valence-electron chi connectivity index (χ1n) is 8.45. The van der Waals surface area contributed by atoms with E-state index in [1.807, 2.05) is 74.0 Å². The number of aromatic nitrogens is 2. The molecule has 0 fully saturated rings. The number of hydrogen-bond acceptors (Lipinski definition) is 3. The van der Waals surface area contributed by atoms with Crippen LogP contribution in [-0.4, -0.2) is 15.7 Å². The summed E-state index contributed by atoms with van der Waals surface area (Å²) in [6.45, 7) is 6.03. The van der Waals surface area contributed by atoms with E-state index in [-0.39, 0.29) is 5.91 Å². The Hall–Kier alpha value is -2.92. The van der Waals surface area contributed by atoms with Gasteiger partial charge in [-0.05, 0) is 62.2 Å². The highest BCUT2D eigenvalue weighted by atomic mass is 32.1. The number of hydrogen-bond donors (Lipinski definition) is 1. The molecule has 130 valence electrons. The number of aryl methyl sites for hydroxylation is 3. The highest BCUT2D eigenvalue weighted by Crippen LogP contribution is 2.31. The number of amides is 1. The molecule has 2 heterocycles. The maximum atomic E-state index is 12.7. The van der Waals surface area contributed by atoms with Crippen molar-refractivity contribution < 1.29 is 4.79 Å². The number of nitrogens with one attached hydrogen (secondary N) is 1. The van der Waals surface area contributed by atoms with Crippen molar-refractivity contribution in [1.82, 2.24) is 9.78 Å². The second kappa shape index (κ2) is 6.42. The number of benzene rings is 2. The molecule has 26 heavy (non-hydrogen) atoms. The lowest BCUT2D eigenvalue weighted by molar-refractivity contribution is 0.103. The number of thiophene rings is 1. The average molecular weight is 361 g/mol. The third kappa shape index (κ3) is 3.02. The fourth-order valence-corrected chi connectivity index (χ4v) is 4.22. The summed E-state index contributed by atoms with van der Waals surface area (Å²) >= 11 is 1.46. The van der Waals surface area contributed by atoms with Gasteiger partial charge in [0.25, 0.3) is 5.91 Å². The van der Waals surface area contributed by atoms with Crippen molar-refractivity contribution in [3.8, 4) is 5.69 Å². The van der Waals surface area contributed by atoms with Crippen molar-refractivity contribution >= 4 is 33.1 Å². The first-order chi connectivity index (χ1) is 12.5. The van der Waals surface area contributed by atoms with Gasteiger partial charge < -0.3 is 5.32 Å². The van der Waals surface area contributed by atoms with Crippen LogP contribution in [0.2, 0.25) is 0 Å². The van der Waals surface area contributed by atoms with E-state index in [4.69, 9.17) is 0 Å². The van der Waals surface area contributed by atoms with Crippen molar-refractivity contribution in [3.63, 3.8) is 0 Å². The molecule has 4 aromatic rings. The number of fused-ring (bicyclic) bond motifs is 1. The maximum absolute atomic E-state index is 12.7. The third-order valence-electron chi connectivity index (χ3n) is 4.25. The number of carbonyl (C=O) groups excluding carboxylic acids is 1. The van der Waals surface area contributed by atoms with Gasteiger partial charge in [0.15, 0.2) is 0 Å². The fraction of sp³-hybridized carbons (Fsp3) is 0.143. The Bertz CT molecular complexity index is 1090. The van der Waals surface area contributed by atoms with Crippen molar-refractivity contribution in [2.75, 3.05) is 5.32 Å². The van der Waals surface area contributed by atoms with Gasteiger partial charge >= 0.3 is 0 Å². The molecule has 0 saturated heterocycles. The van der Waals surface area contributed by atoms with Gasteiger partial charge in [0, 0.05) is 11.1 Å². The van der Waals surface area contributed by atoms with Gasteiger partial charge in [0.2, 0.25) is 0 Å². The highest BCUT2D eigenvalue weighted by Gasteiger charge is 2.17. The molecule has 1 N–H and O–H groups in total. The van der Waals surface area contributed by atoms with E-state index in [2.05, 4.69) is 16.5 Å². The molecule has 1 amide bonds. The highest BCUT2D eigenvalue weighted by molar-refractivity contribution is 7.20. The molecule has 5 heteroatoms. The summed E-state index contributed by atoms with van der Waals surface area (Å²) in [5.41, 5.74) is 5.00. The van der Waals surface area contributed by atoms with Gasteiger partial charge in [-0.15, -0.1) is 11.3 Å². The lowest BCUT2D eigenvalue weighted by atomic mass is 10.1. The zero-order valence-electron chi connectivity index (χ0n) is 14.9. The summed E-state index contributed by atoms with van der Waals surface area (Å²) in [5, 5.41) is 8.65. The molecule has 4 nitrogen and oxygen atoms in total. The predicted molar refractivity (Wildman–Crippen MR) is 108 cm³/mol. The van der Waals surface area contributed by atoms with Crippen LogP contribution in [0, 0.1) is 20.8 Å². The lowest BCUT2D eigenvalue weighted by Gasteiger charge is -2.06. The standard InChI is InChI=1S/C21H19N3OS/c1-13-9-14(2)11-16(10-13)22-20(25)19-12-18-15(3)23-24(21(18)26-19)17-7-5-4-6-8-17/h4-12H,1-3H3,(H,22,25). The monoisotopic (exact) mass is 361 g/mol. The molecule has 2 aromatic carbocycles. The molecule has 0 saturated carbocycles. The SMILES string of the molecule is Cc1cc(C)cc(NC(=O)c2cc3c(C)nn(-c4ccccc4)c3s2)c1. The Morgan fingerprint density at radius 1 is 1.00 bits per heavy atom. The van der Waals surface area contributed by atoms with E-state index in [1.54, 1.807) is 0 Å². The van der Waals surface area contributed by atoms with Crippen LogP contribution in [0.4, 0.5) is 5.69 Å². The number of anilines is 1. The van der Waals surface area contributed by atoms with E-state index in [1.165, 1.54) is 11.3 Å². The fourth-order valence-electron chi connectivity index (χ4n) is 3.14. The van der Waals surface area contributed by atoms with Crippen molar-refractivity contribution in [3.05, 3.63) is 76.3 Å². The summed E-state index contributed by atoms with van der Waals surface area (Å²) in [4.78, 5) is 14.4. The van der Waals surface area contributed by atoms with Crippen LogP contribution in [0.15, 0.2) is 54.6 Å². The van der Waals surface area contributed by atoms with Crippen LogP contribution >= 0.6 is 11.3 Å². The molecule has 0 bridgehead atoms. The predicted octanol–water partition coefficient (Wildman–Crippen LogP) is 5.26. The Kier molecular flexibility index (Phi) is 4.09. The number of rotatable bonds is 3. The summed E-state index contributed by atoms with van der Waals surface area (Å²) in [6, 6.07) is 18.0. The van der Waals surface area contributed by atoms with Crippen LogP contribution in [0.3, 0.4) is 0 Å². The Labute approximate surface area is 156 Å². The first-order valence-corrected chi connectivity index (χ1v) is 9.27. The molecule has 0 atom stereocenters. The molecule has 0 unspecified atom stereocenters. The molecule has 0 aliphatic rings. The summed E-state index contributed by atoms with van der Waals surface area (Å²) in [5.74, 6) is -0.0878. The van der Waals surface area contributed by atoms with E-state index in [9.17, 15) is 4.79 Å². The minimum Gasteiger partial charge on any atom is -0.321 e. The minimum atomic E-state index is -0.0878. The molecule has 0 aliphatic heterocycles. The van der Waals surface area contributed by atoms with Crippen LogP contribution in [0.5, 0.6) is 0 Å². The molecule has 2 aromatic heterocycles. The lowest BCUT2D eigenvalue weighted by Crippen LogP contribution is -2.10. The number of para-hydroxylation sites is 1. The van der Waals surface area contributed by atoms with Gasteiger partial charge in [-0.25, -0.2) is 4.68 Å². The van der Waals surface area contributed by atoms with Gasteiger partial charge in [-0.2, -0.15) is 5.10 Å². The molecule has 4 rings (SSSR count). The number of carbonyl (C=O) groups is 1. The second-order valence-corrected chi connectivity index (χ2v) is 7.52. The normalized spacial score (nSPS) is 11.0. The van der Waals surface area contributed by atoms with E-state index in [0.717, 1.165) is 38.4 Å². The quantitative estimate of drug-likeness (QED) is 0.541. The molecule has 0 radical (unpaired) electrons. The van der Waals surface area contributed by atoms with Gasteiger partial charge in [0.1, 0.15) is 4.83 Å². The third-order valence-corrected chi connectivity index (χ3v) is 5.36. The van der Waals surface area contributed by atoms with Crippen LogP contribution < -0.4 is 5.32 Å². The molecular formula is C21H19N3OS. The number of nitrogens with zero attached hydrogens (tertiary/aromatic N) is 2. The van der Waals surface area contributed by atoms with E-state index in [0.29, 0.717) is 4.88 Å². The molecule has 0 aliphatic carbocycles. The Balaban J connectivity index is 1.70. The zero-order valence-corrected chi connectivity index (χ0v) is 15.7. The van der Waals surface area contributed by atoms with E-state index >= 15 is 0 Å². The smallest absolute Gasteiger partial charge is 0.265 e. The largest absolute Gasteiger partial charge is 0.321 e.